The molecule has 0 fully saturated rings. The summed E-state index contributed by atoms with van der Waals surface area (Å²) in [5.41, 5.74) is 2.30. The molecule has 0 aliphatic carbocycles. The van der Waals surface area contributed by atoms with Crippen molar-refractivity contribution in [1.82, 2.24) is 14.7 Å². The van der Waals surface area contributed by atoms with E-state index < -0.39 is 5.82 Å². The maximum atomic E-state index is 13.8. The Bertz CT molecular complexity index is 893. The molecule has 6 heteroatoms. The number of hydrogen-bond donors (Lipinski definition) is 0. The van der Waals surface area contributed by atoms with Gasteiger partial charge < -0.3 is 9.64 Å². The molecule has 3 rings (SSSR count). The van der Waals surface area contributed by atoms with Gasteiger partial charge in [-0.1, -0.05) is 36.4 Å². The fourth-order valence-corrected chi connectivity index (χ4v) is 2.71. The number of carbonyl (C=O) groups excluding carboxylic acids is 1. The fourth-order valence-electron chi connectivity index (χ4n) is 2.71. The molecule has 0 saturated heterocycles. The maximum absolute atomic E-state index is 13.8. The second kappa shape index (κ2) is 7.82. The van der Waals surface area contributed by atoms with Gasteiger partial charge in [-0.25, -0.2) is 4.39 Å². The average Bonchev–Trinajstić information content (AvgIpc) is 3.10. The van der Waals surface area contributed by atoms with Crippen LogP contribution < -0.4 is 4.74 Å². The first kappa shape index (κ1) is 17.7. The minimum absolute atomic E-state index is 0.166. The molecule has 1 aromatic heterocycles. The third-order valence-corrected chi connectivity index (χ3v) is 4.05. The topological polar surface area (TPSA) is 47.4 Å². The first-order chi connectivity index (χ1) is 12.6. The zero-order chi connectivity index (χ0) is 18.5. The van der Waals surface area contributed by atoms with Crippen LogP contribution in [0.1, 0.15) is 21.5 Å². The minimum Gasteiger partial charge on any atom is -0.494 e. The van der Waals surface area contributed by atoms with Gasteiger partial charge in [-0.05, 0) is 23.3 Å². The fraction of sp³-hybridized carbons (Fsp3) is 0.200. The summed E-state index contributed by atoms with van der Waals surface area (Å²) in [7, 11) is 3.10. The lowest BCUT2D eigenvalue weighted by Crippen LogP contribution is -2.26. The predicted molar refractivity (Wildman–Crippen MR) is 96.5 cm³/mol. The number of aromatic nitrogens is 2. The summed E-state index contributed by atoms with van der Waals surface area (Å²) in [4.78, 5) is 14.1. The highest BCUT2D eigenvalue weighted by atomic mass is 19.1. The molecule has 1 heterocycles. The quantitative estimate of drug-likeness (QED) is 0.683. The van der Waals surface area contributed by atoms with Crippen molar-refractivity contribution in [2.45, 2.75) is 13.1 Å². The van der Waals surface area contributed by atoms with Crippen LogP contribution in [-0.2, 0) is 13.1 Å². The Morgan fingerprint density at radius 3 is 2.65 bits per heavy atom. The molecule has 134 valence electrons. The lowest BCUT2D eigenvalue weighted by atomic mass is 10.2. The number of methoxy groups -OCH3 is 1. The smallest absolute Gasteiger partial charge is 0.257 e. The number of hydrogen-bond acceptors (Lipinski definition) is 3. The van der Waals surface area contributed by atoms with E-state index in [1.54, 1.807) is 36.3 Å². The molecule has 0 spiro atoms. The van der Waals surface area contributed by atoms with E-state index in [9.17, 15) is 9.18 Å². The van der Waals surface area contributed by atoms with E-state index in [4.69, 9.17) is 4.74 Å². The minimum atomic E-state index is -0.443. The standard InChI is InChI=1S/C20H20FN3O2/c1-23(12-16-8-9-19(26-2)18(21)10-16)20(25)17-11-22-24(14-17)13-15-6-4-3-5-7-15/h3-11,14H,12-13H2,1-2H3. The van der Waals surface area contributed by atoms with Crippen LogP contribution in [0.25, 0.3) is 0 Å². The van der Waals surface area contributed by atoms with Gasteiger partial charge in [0.15, 0.2) is 11.6 Å². The lowest BCUT2D eigenvalue weighted by molar-refractivity contribution is 0.0785. The maximum Gasteiger partial charge on any atom is 0.257 e. The molecular formula is C20H20FN3O2. The molecule has 0 bridgehead atoms. The van der Waals surface area contributed by atoms with E-state index >= 15 is 0 Å². The number of ether oxygens (including phenoxy) is 1. The Morgan fingerprint density at radius 1 is 1.19 bits per heavy atom. The van der Waals surface area contributed by atoms with E-state index in [2.05, 4.69) is 5.10 Å². The summed E-state index contributed by atoms with van der Waals surface area (Å²) < 4.78 is 20.4. The number of nitrogens with zero attached hydrogens (tertiary/aromatic N) is 3. The summed E-state index contributed by atoms with van der Waals surface area (Å²) in [5, 5.41) is 4.25. The third kappa shape index (κ3) is 4.08. The molecule has 0 radical (unpaired) electrons. The predicted octanol–water partition coefficient (Wildman–Crippen LogP) is 3.35. The van der Waals surface area contributed by atoms with Gasteiger partial charge in [0.05, 0.1) is 25.4 Å². The van der Waals surface area contributed by atoms with Crippen LogP contribution in [-0.4, -0.2) is 34.7 Å². The Hall–Kier alpha value is -3.15. The summed E-state index contributed by atoms with van der Waals surface area (Å²) in [6.07, 6.45) is 3.27. The van der Waals surface area contributed by atoms with Gasteiger partial charge in [-0.2, -0.15) is 5.10 Å². The molecule has 0 aliphatic rings. The average molecular weight is 353 g/mol. The molecule has 0 unspecified atom stereocenters. The van der Waals surface area contributed by atoms with Crippen molar-refractivity contribution in [1.29, 1.82) is 0 Å². The molecule has 26 heavy (non-hydrogen) atoms. The van der Waals surface area contributed by atoms with Crippen LogP contribution in [0.2, 0.25) is 0 Å². The molecular weight excluding hydrogens is 333 g/mol. The van der Waals surface area contributed by atoms with Crippen molar-refractivity contribution in [3.63, 3.8) is 0 Å². The zero-order valence-electron chi connectivity index (χ0n) is 14.7. The van der Waals surface area contributed by atoms with Gasteiger partial charge in [0, 0.05) is 19.8 Å². The van der Waals surface area contributed by atoms with E-state index in [1.165, 1.54) is 18.1 Å². The number of halogens is 1. The van der Waals surface area contributed by atoms with Crippen molar-refractivity contribution in [2.24, 2.45) is 0 Å². The molecule has 1 amide bonds. The lowest BCUT2D eigenvalue weighted by Gasteiger charge is -2.16. The van der Waals surface area contributed by atoms with E-state index in [1.807, 2.05) is 30.3 Å². The highest BCUT2D eigenvalue weighted by Crippen LogP contribution is 2.19. The monoisotopic (exact) mass is 353 g/mol. The van der Waals surface area contributed by atoms with E-state index in [0.717, 1.165) is 5.56 Å². The van der Waals surface area contributed by atoms with Crippen molar-refractivity contribution in [3.05, 3.63) is 83.4 Å². The van der Waals surface area contributed by atoms with Gasteiger partial charge in [-0.3, -0.25) is 9.48 Å². The molecule has 5 nitrogen and oxygen atoms in total. The SMILES string of the molecule is COc1ccc(CN(C)C(=O)c2cnn(Cc3ccccc3)c2)cc1F. The summed E-state index contributed by atoms with van der Waals surface area (Å²) in [6.45, 7) is 0.894. The third-order valence-electron chi connectivity index (χ3n) is 4.05. The first-order valence-electron chi connectivity index (χ1n) is 8.21. The van der Waals surface area contributed by atoms with Gasteiger partial charge in [-0.15, -0.1) is 0 Å². The largest absolute Gasteiger partial charge is 0.494 e. The summed E-state index contributed by atoms with van der Waals surface area (Å²) in [5.74, 6) is -0.424. The molecule has 3 aromatic rings. The second-order valence-electron chi connectivity index (χ2n) is 6.04. The van der Waals surface area contributed by atoms with Gasteiger partial charge in [0.1, 0.15) is 0 Å². The van der Waals surface area contributed by atoms with Crippen LogP contribution in [0.3, 0.4) is 0 Å². The molecule has 2 aromatic carbocycles. The Kier molecular flexibility index (Phi) is 5.31. The second-order valence-corrected chi connectivity index (χ2v) is 6.04. The zero-order valence-corrected chi connectivity index (χ0v) is 14.7. The summed E-state index contributed by atoms with van der Waals surface area (Å²) >= 11 is 0. The van der Waals surface area contributed by atoms with Crippen molar-refractivity contribution in [2.75, 3.05) is 14.2 Å². The van der Waals surface area contributed by atoms with Crippen LogP contribution in [0, 0.1) is 5.82 Å². The van der Waals surface area contributed by atoms with Crippen molar-refractivity contribution >= 4 is 5.91 Å². The Morgan fingerprint density at radius 2 is 1.96 bits per heavy atom. The van der Waals surface area contributed by atoms with E-state index in [0.29, 0.717) is 24.2 Å². The Labute approximate surface area is 151 Å². The van der Waals surface area contributed by atoms with Gasteiger partial charge in [0.2, 0.25) is 0 Å². The Balaban J connectivity index is 1.66. The van der Waals surface area contributed by atoms with Crippen LogP contribution in [0.4, 0.5) is 4.39 Å². The molecule has 0 saturated carbocycles. The normalized spacial score (nSPS) is 10.6. The number of carbonyl (C=O) groups is 1. The van der Waals surface area contributed by atoms with Crippen molar-refractivity contribution < 1.29 is 13.9 Å². The van der Waals surface area contributed by atoms with E-state index in [-0.39, 0.29) is 11.7 Å². The first-order valence-corrected chi connectivity index (χ1v) is 8.21. The van der Waals surface area contributed by atoms with Gasteiger partial charge in [0.25, 0.3) is 5.91 Å². The van der Waals surface area contributed by atoms with Crippen molar-refractivity contribution in [3.8, 4) is 5.75 Å². The number of benzene rings is 2. The number of rotatable bonds is 6. The van der Waals surface area contributed by atoms with Crippen LogP contribution in [0.5, 0.6) is 5.75 Å². The van der Waals surface area contributed by atoms with Crippen LogP contribution in [0.15, 0.2) is 60.9 Å². The molecule has 0 atom stereocenters. The summed E-state index contributed by atoms with van der Waals surface area (Å²) in [6, 6.07) is 14.6. The van der Waals surface area contributed by atoms with Gasteiger partial charge >= 0.3 is 0 Å². The molecule has 0 N–H and O–H groups in total. The van der Waals surface area contributed by atoms with Crippen LogP contribution >= 0.6 is 0 Å². The molecule has 0 aliphatic heterocycles. The highest BCUT2D eigenvalue weighted by Gasteiger charge is 2.15. The number of amides is 1. The highest BCUT2D eigenvalue weighted by molar-refractivity contribution is 5.93.